The van der Waals surface area contributed by atoms with Gasteiger partial charge in [-0.15, -0.1) is 0 Å². The third-order valence-corrected chi connectivity index (χ3v) is 2.85. The number of halogens is 2. The minimum absolute atomic E-state index is 0.0457. The van der Waals surface area contributed by atoms with Crippen LogP contribution in [0.2, 0.25) is 10.6 Å². The van der Waals surface area contributed by atoms with Crippen molar-refractivity contribution in [3.8, 4) is 0 Å². The Morgan fingerprint density at radius 1 is 0.947 bits per heavy atom. The van der Waals surface area contributed by atoms with E-state index in [9.17, 15) is 0 Å². The zero-order valence-electron chi connectivity index (χ0n) is 9.51. The van der Waals surface area contributed by atoms with Gasteiger partial charge in [0.05, 0.1) is 0 Å². The zero-order chi connectivity index (χ0) is 13.2. The van der Waals surface area contributed by atoms with E-state index in [-0.39, 0.29) is 10.6 Å². The summed E-state index contributed by atoms with van der Waals surface area (Å²) in [5.74, 6) is 0.300. The number of rotatable bonds is 2. The third kappa shape index (κ3) is 2.57. The fourth-order valence-corrected chi connectivity index (χ4v) is 2.10. The summed E-state index contributed by atoms with van der Waals surface area (Å²) in [4.78, 5) is 15.7. The van der Waals surface area contributed by atoms with E-state index in [1.54, 1.807) is 12.4 Å². The van der Waals surface area contributed by atoms with Crippen molar-refractivity contribution < 1.29 is 0 Å². The van der Waals surface area contributed by atoms with E-state index in [1.807, 2.05) is 24.3 Å². The van der Waals surface area contributed by atoms with Crippen LogP contribution < -0.4 is 5.32 Å². The minimum atomic E-state index is 0.0457. The van der Waals surface area contributed by atoms with Crippen molar-refractivity contribution in [2.24, 2.45) is 0 Å². The lowest BCUT2D eigenvalue weighted by atomic mass is 10.1. The number of nitrogens with zero attached hydrogens (tertiary/aromatic N) is 4. The Hall–Kier alpha value is -1.98. The number of benzene rings is 1. The van der Waals surface area contributed by atoms with Crippen molar-refractivity contribution in [3.63, 3.8) is 0 Å². The molecular weight excluding hydrogens is 285 g/mol. The van der Waals surface area contributed by atoms with Crippen LogP contribution in [-0.4, -0.2) is 19.9 Å². The molecule has 0 aliphatic carbocycles. The highest BCUT2D eigenvalue weighted by Crippen LogP contribution is 2.24. The number of fused-ring (bicyclic) bond motifs is 1. The van der Waals surface area contributed by atoms with Crippen molar-refractivity contribution in [2.45, 2.75) is 0 Å². The molecule has 0 fully saturated rings. The normalized spacial score (nSPS) is 10.6. The van der Waals surface area contributed by atoms with Crippen LogP contribution in [0, 0.1) is 0 Å². The van der Waals surface area contributed by atoms with E-state index in [1.165, 1.54) is 0 Å². The maximum absolute atomic E-state index is 5.74. The predicted octanol–water partition coefficient (Wildman–Crippen LogP) is 3.47. The molecule has 94 valence electrons. The molecule has 7 heteroatoms. The molecule has 5 nitrogen and oxygen atoms in total. The summed E-state index contributed by atoms with van der Waals surface area (Å²) in [6, 6.07) is 7.70. The van der Waals surface area contributed by atoms with Crippen molar-refractivity contribution in [3.05, 3.63) is 47.2 Å². The first-order valence-corrected chi connectivity index (χ1v) is 6.15. The molecule has 3 aromatic rings. The molecule has 0 amide bonds. The largest absolute Gasteiger partial charge is 0.323 e. The maximum atomic E-state index is 5.74. The molecule has 2 heterocycles. The number of hydrogen-bond acceptors (Lipinski definition) is 5. The highest BCUT2D eigenvalue weighted by atomic mass is 35.5. The fraction of sp³-hybridized carbons (Fsp3) is 0. The highest BCUT2D eigenvalue weighted by molar-refractivity contribution is 6.31. The summed E-state index contributed by atoms with van der Waals surface area (Å²) < 4.78 is 0. The van der Waals surface area contributed by atoms with Gasteiger partial charge >= 0.3 is 0 Å². The fourth-order valence-electron chi connectivity index (χ4n) is 1.73. The molecule has 0 saturated carbocycles. The SMILES string of the molecule is Clc1nc(Cl)nc(Nc2cccc3cnccc23)n1. The summed E-state index contributed by atoms with van der Waals surface area (Å²) in [5, 5.41) is 5.18. The summed E-state index contributed by atoms with van der Waals surface area (Å²) in [7, 11) is 0. The van der Waals surface area contributed by atoms with Crippen molar-refractivity contribution in [1.29, 1.82) is 0 Å². The topological polar surface area (TPSA) is 63.6 Å². The number of pyridine rings is 1. The van der Waals surface area contributed by atoms with E-state index >= 15 is 0 Å². The number of hydrogen-bond donors (Lipinski definition) is 1. The second-order valence-corrected chi connectivity index (χ2v) is 4.40. The lowest BCUT2D eigenvalue weighted by molar-refractivity contribution is 1.05. The molecule has 2 aromatic heterocycles. The quantitative estimate of drug-likeness (QED) is 0.783. The van der Waals surface area contributed by atoms with Gasteiger partial charge in [-0.2, -0.15) is 15.0 Å². The maximum Gasteiger partial charge on any atom is 0.232 e. The second kappa shape index (κ2) is 4.95. The van der Waals surface area contributed by atoms with E-state index in [0.29, 0.717) is 5.95 Å². The standard InChI is InChI=1S/C12H7Cl2N5/c13-10-17-11(14)19-12(18-10)16-9-3-1-2-7-6-15-5-4-8(7)9/h1-6H,(H,16,17,18,19). The summed E-state index contributed by atoms with van der Waals surface area (Å²) in [6.45, 7) is 0. The number of aromatic nitrogens is 4. The molecule has 0 aliphatic heterocycles. The van der Waals surface area contributed by atoms with E-state index < -0.39 is 0 Å². The molecule has 1 aromatic carbocycles. The van der Waals surface area contributed by atoms with Gasteiger partial charge in [0.2, 0.25) is 16.5 Å². The van der Waals surface area contributed by atoms with Gasteiger partial charge in [-0.05, 0) is 35.3 Å². The Morgan fingerprint density at radius 3 is 2.53 bits per heavy atom. The first kappa shape index (κ1) is 12.1. The van der Waals surface area contributed by atoms with Gasteiger partial charge in [-0.3, -0.25) is 4.98 Å². The smallest absolute Gasteiger partial charge is 0.232 e. The average Bonchev–Trinajstić information content (AvgIpc) is 2.38. The lowest BCUT2D eigenvalue weighted by Crippen LogP contribution is -1.99. The Morgan fingerprint density at radius 2 is 1.74 bits per heavy atom. The second-order valence-electron chi connectivity index (χ2n) is 3.72. The van der Waals surface area contributed by atoms with Crippen LogP contribution in [0.25, 0.3) is 10.8 Å². The Labute approximate surface area is 118 Å². The van der Waals surface area contributed by atoms with Gasteiger partial charge in [0.25, 0.3) is 0 Å². The van der Waals surface area contributed by atoms with Gasteiger partial charge in [0.15, 0.2) is 0 Å². The molecule has 3 rings (SSSR count). The van der Waals surface area contributed by atoms with E-state index in [4.69, 9.17) is 23.2 Å². The molecule has 0 aliphatic rings. The van der Waals surface area contributed by atoms with Gasteiger partial charge in [-0.1, -0.05) is 12.1 Å². The summed E-state index contributed by atoms with van der Waals surface area (Å²) in [6.07, 6.45) is 3.51. The van der Waals surface area contributed by atoms with Crippen LogP contribution in [-0.2, 0) is 0 Å². The van der Waals surface area contributed by atoms with Crippen LogP contribution in [0.1, 0.15) is 0 Å². The van der Waals surface area contributed by atoms with Crippen LogP contribution in [0.4, 0.5) is 11.6 Å². The molecule has 0 radical (unpaired) electrons. The first-order chi connectivity index (χ1) is 9.22. The van der Waals surface area contributed by atoms with E-state index in [2.05, 4.69) is 25.3 Å². The average molecular weight is 292 g/mol. The molecule has 0 unspecified atom stereocenters. The summed E-state index contributed by atoms with van der Waals surface area (Å²) >= 11 is 11.5. The van der Waals surface area contributed by atoms with Crippen molar-refractivity contribution >= 4 is 45.6 Å². The predicted molar refractivity (Wildman–Crippen MR) is 74.9 cm³/mol. The van der Waals surface area contributed by atoms with Gasteiger partial charge < -0.3 is 5.32 Å². The minimum Gasteiger partial charge on any atom is -0.323 e. The third-order valence-electron chi connectivity index (χ3n) is 2.51. The zero-order valence-corrected chi connectivity index (χ0v) is 11.0. The van der Waals surface area contributed by atoms with Gasteiger partial charge in [-0.25, -0.2) is 0 Å². The van der Waals surface area contributed by atoms with Crippen molar-refractivity contribution in [1.82, 2.24) is 19.9 Å². The molecule has 0 bridgehead atoms. The Balaban J connectivity index is 2.05. The molecule has 19 heavy (non-hydrogen) atoms. The number of anilines is 2. The lowest BCUT2D eigenvalue weighted by Gasteiger charge is -2.08. The first-order valence-electron chi connectivity index (χ1n) is 5.39. The molecular formula is C12H7Cl2N5. The monoisotopic (exact) mass is 291 g/mol. The number of nitrogens with one attached hydrogen (secondary N) is 1. The Bertz CT molecular complexity index is 722. The van der Waals surface area contributed by atoms with Crippen LogP contribution in [0.3, 0.4) is 0 Å². The Kier molecular flexibility index (Phi) is 3.15. The highest BCUT2D eigenvalue weighted by Gasteiger charge is 2.06. The van der Waals surface area contributed by atoms with Gasteiger partial charge in [0, 0.05) is 28.9 Å². The van der Waals surface area contributed by atoms with Crippen LogP contribution in [0.5, 0.6) is 0 Å². The molecule has 0 saturated heterocycles. The molecule has 1 N–H and O–H groups in total. The van der Waals surface area contributed by atoms with Gasteiger partial charge in [0.1, 0.15) is 0 Å². The molecule has 0 spiro atoms. The van der Waals surface area contributed by atoms with Crippen LogP contribution in [0.15, 0.2) is 36.7 Å². The van der Waals surface area contributed by atoms with Crippen LogP contribution >= 0.6 is 23.2 Å². The molecule has 0 atom stereocenters. The van der Waals surface area contributed by atoms with E-state index in [0.717, 1.165) is 16.5 Å². The van der Waals surface area contributed by atoms with Crippen molar-refractivity contribution in [2.75, 3.05) is 5.32 Å². The summed E-state index contributed by atoms with van der Waals surface area (Å²) in [5.41, 5.74) is 0.846.